The standard InChI is InChI=1S/C14H18N2O2S/c1-9(7-17)16-8-15-13-12(14(16)18)10-5-3-2-4-6-11(10)19-13/h8-9,17H,2-7H2,1H3/t9-/m1/s1. The Bertz CT molecular complexity index is 659. The Hall–Kier alpha value is -1.20. The van der Waals surface area contributed by atoms with E-state index in [0.717, 1.165) is 29.5 Å². The van der Waals surface area contributed by atoms with Crippen molar-refractivity contribution in [3.63, 3.8) is 0 Å². The number of hydrogen-bond acceptors (Lipinski definition) is 4. The van der Waals surface area contributed by atoms with Gasteiger partial charge in [0.1, 0.15) is 4.83 Å². The van der Waals surface area contributed by atoms with E-state index in [2.05, 4.69) is 4.98 Å². The second-order valence-corrected chi connectivity index (χ2v) is 6.32. The van der Waals surface area contributed by atoms with E-state index in [0.29, 0.717) is 0 Å². The molecule has 102 valence electrons. The van der Waals surface area contributed by atoms with E-state index in [-0.39, 0.29) is 18.2 Å². The molecule has 0 unspecified atom stereocenters. The van der Waals surface area contributed by atoms with Gasteiger partial charge in [-0.05, 0) is 38.2 Å². The second-order valence-electron chi connectivity index (χ2n) is 5.23. The lowest BCUT2D eigenvalue weighted by Gasteiger charge is -2.11. The molecule has 2 heterocycles. The Balaban J connectivity index is 2.24. The van der Waals surface area contributed by atoms with Crippen LogP contribution in [0.15, 0.2) is 11.1 Å². The molecule has 0 spiro atoms. The summed E-state index contributed by atoms with van der Waals surface area (Å²) in [5.74, 6) is 0. The van der Waals surface area contributed by atoms with Crippen LogP contribution < -0.4 is 5.56 Å². The number of aliphatic hydroxyl groups excluding tert-OH is 1. The molecule has 3 rings (SSSR count). The van der Waals surface area contributed by atoms with Crippen molar-refractivity contribution < 1.29 is 5.11 Å². The predicted molar refractivity (Wildman–Crippen MR) is 76.9 cm³/mol. The summed E-state index contributed by atoms with van der Waals surface area (Å²) < 4.78 is 1.56. The van der Waals surface area contributed by atoms with Crippen molar-refractivity contribution in [2.75, 3.05) is 6.61 Å². The molecule has 1 atom stereocenters. The summed E-state index contributed by atoms with van der Waals surface area (Å²) in [7, 11) is 0. The molecule has 0 saturated carbocycles. The molecule has 1 N–H and O–H groups in total. The molecular weight excluding hydrogens is 260 g/mol. The van der Waals surface area contributed by atoms with Gasteiger partial charge in [-0.25, -0.2) is 4.98 Å². The summed E-state index contributed by atoms with van der Waals surface area (Å²) in [5, 5.41) is 10.0. The Kier molecular flexibility index (Phi) is 3.41. The molecule has 0 aromatic carbocycles. The second kappa shape index (κ2) is 5.06. The Labute approximate surface area is 115 Å². The third-order valence-corrected chi connectivity index (χ3v) is 5.09. The highest BCUT2D eigenvalue weighted by atomic mass is 32.1. The highest BCUT2D eigenvalue weighted by Gasteiger charge is 2.20. The first-order chi connectivity index (χ1) is 9.22. The molecule has 0 aliphatic heterocycles. The topological polar surface area (TPSA) is 55.1 Å². The van der Waals surface area contributed by atoms with Gasteiger partial charge in [-0.3, -0.25) is 9.36 Å². The first-order valence-electron chi connectivity index (χ1n) is 6.84. The van der Waals surface area contributed by atoms with Crippen molar-refractivity contribution in [1.82, 2.24) is 9.55 Å². The minimum absolute atomic E-state index is 0.00551. The van der Waals surface area contributed by atoms with E-state index in [1.165, 1.54) is 23.3 Å². The van der Waals surface area contributed by atoms with E-state index in [1.807, 2.05) is 6.92 Å². The molecule has 5 heteroatoms. The molecule has 0 radical (unpaired) electrons. The maximum absolute atomic E-state index is 12.6. The number of rotatable bonds is 2. The number of thiophene rings is 1. The zero-order chi connectivity index (χ0) is 13.4. The minimum atomic E-state index is -0.217. The molecule has 2 aromatic heterocycles. The predicted octanol–water partition coefficient (Wildman–Crippen LogP) is 2.28. The van der Waals surface area contributed by atoms with Gasteiger partial charge in [0, 0.05) is 4.88 Å². The van der Waals surface area contributed by atoms with Gasteiger partial charge in [0.25, 0.3) is 5.56 Å². The Morgan fingerprint density at radius 2 is 2.21 bits per heavy atom. The van der Waals surface area contributed by atoms with Crippen molar-refractivity contribution in [3.05, 3.63) is 27.1 Å². The lowest BCUT2D eigenvalue weighted by molar-refractivity contribution is 0.236. The minimum Gasteiger partial charge on any atom is -0.394 e. The van der Waals surface area contributed by atoms with Gasteiger partial charge in [-0.1, -0.05) is 6.42 Å². The van der Waals surface area contributed by atoms with Crippen LogP contribution in [0.5, 0.6) is 0 Å². The van der Waals surface area contributed by atoms with Crippen molar-refractivity contribution in [2.45, 2.75) is 45.1 Å². The Morgan fingerprint density at radius 1 is 1.42 bits per heavy atom. The smallest absolute Gasteiger partial charge is 0.262 e. The average molecular weight is 278 g/mol. The summed E-state index contributed by atoms with van der Waals surface area (Å²) in [6.07, 6.45) is 7.24. The highest BCUT2D eigenvalue weighted by Crippen LogP contribution is 2.32. The van der Waals surface area contributed by atoms with Gasteiger partial charge in [0.2, 0.25) is 0 Å². The van der Waals surface area contributed by atoms with Crippen molar-refractivity contribution in [2.24, 2.45) is 0 Å². The highest BCUT2D eigenvalue weighted by molar-refractivity contribution is 7.18. The molecule has 4 nitrogen and oxygen atoms in total. The van der Waals surface area contributed by atoms with Gasteiger partial charge >= 0.3 is 0 Å². The van der Waals surface area contributed by atoms with E-state index < -0.39 is 0 Å². The van der Waals surface area contributed by atoms with Crippen molar-refractivity contribution >= 4 is 21.6 Å². The summed E-state index contributed by atoms with van der Waals surface area (Å²) in [5.41, 5.74) is 1.22. The summed E-state index contributed by atoms with van der Waals surface area (Å²) in [4.78, 5) is 19.2. The molecule has 2 aromatic rings. The fourth-order valence-electron chi connectivity index (χ4n) is 2.74. The summed E-state index contributed by atoms with van der Waals surface area (Å²) in [6.45, 7) is 1.79. The van der Waals surface area contributed by atoms with Crippen LogP contribution in [0, 0.1) is 0 Å². The van der Waals surface area contributed by atoms with Gasteiger partial charge in [0.15, 0.2) is 0 Å². The first kappa shape index (κ1) is 12.8. The van der Waals surface area contributed by atoms with Crippen LogP contribution in [0.3, 0.4) is 0 Å². The van der Waals surface area contributed by atoms with Crippen molar-refractivity contribution in [3.8, 4) is 0 Å². The fraction of sp³-hybridized carbons (Fsp3) is 0.571. The van der Waals surface area contributed by atoms with Crippen molar-refractivity contribution in [1.29, 1.82) is 0 Å². The molecule has 0 amide bonds. The van der Waals surface area contributed by atoms with Gasteiger partial charge < -0.3 is 5.11 Å². The number of aromatic nitrogens is 2. The van der Waals surface area contributed by atoms with Crippen LogP contribution in [0.25, 0.3) is 10.2 Å². The first-order valence-corrected chi connectivity index (χ1v) is 7.66. The van der Waals surface area contributed by atoms with Crippen LogP contribution in [0.4, 0.5) is 0 Å². The molecule has 1 aliphatic rings. The van der Waals surface area contributed by atoms with E-state index in [9.17, 15) is 9.90 Å². The quantitative estimate of drug-likeness (QED) is 0.857. The van der Waals surface area contributed by atoms with Crippen LogP contribution >= 0.6 is 11.3 Å². The number of aliphatic hydroxyl groups is 1. The number of aryl methyl sites for hydroxylation is 2. The molecule has 0 bridgehead atoms. The normalized spacial score (nSPS) is 17.2. The zero-order valence-corrected chi connectivity index (χ0v) is 11.9. The van der Waals surface area contributed by atoms with Gasteiger partial charge in [0.05, 0.1) is 24.4 Å². The maximum Gasteiger partial charge on any atom is 0.262 e. The average Bonchev–Trinajstić information content (AvgIpc) is 2.61. The van der Waals surface area contributed by atoms with Crippen LogP contribution in [-0.4, -0.2) is 21.3 Å². The zero-order valence-electron chi connectivity index (χ0n) is 11.1. The molecule has 1 aliphatic carbocycles. The number of hydrogen-bond donors (Lipinski definition) is 1. The van der Waals surface area contributed by atoms with Crippen LogP contribution in [0.2, 0.25) is 0 Å². The maximum atomic E-state index is 12.6. The third kappa shape index (κ3) is 2.11. The van der Waals surface area contributed by atoms with E-state index in [4.69, 9.17) is 0 Å². The SMILES string of the molecule is C[C@H](CO)n1cnc2sc3c(c2c1=O)CCCCC3. The molecule has 0 fully saturated rings. The Morgan fingerprint density at radius 3 is 3.00 bits per heavy atom. The third-order valence-electron chi connectivity index (χ3n) is 3.89. The van der Waals surface area contributed by atoms with Gasteiger partial charge in [-0.2, -0.15) is 0 Å². The fourth-order valence-corrected chi connectivity index (χ4v) is 3.96. The molecule has 0 saturated heterocycles. The monoisotopic (exact) mass is 278 g/mol. The number of fused-ring (bicyclic) bond motifs is 3. The molecular formula is C14H18N2O2S. The lowest BCUT2D eigenvalue weighted by Crippen LogP contribution is -2.25. The molecule has 19 heavy (non-hydrogen) atoms. The van der Waals surface area contributed by atoms with Gasteiger partial charge in [-0.15, -0.1) is 11.3 Å². The number of nitrogens with zero attached hydrogens (tertiary/aromatic N) is 2. The van der Waals surface area contributed by atoms with Crippen LogP contribution in [-0.2, 0) is 12.8 Å². The summed E-state index contributed by atoms with van der Waals surface area (Å²) in [6, 6.07) is -0.217. The van der Waals surface area contributed by atoms with E-state index in [1.54, 1.807) is 22.2 Å². The lowest BCUT2D eigenvalue weighted by atomic mass is 10.1. The van der Waals surface area contributed by atoms with E-state index >= 15 is 0 Å². The van der Waals surface area contributed by atoms with Crippen LogP contribution in [0.1, 0.15) is 42.7 Å². The summed E-state index contributed by atoms with van der Waals surface area (Å²) >= 11 is 1.67. The largest absolute Gasteiger partial charge is 0.394 e.